The van der Waals surface area contributed by atoms with Crippen molar-refractivity contribution < 1.29 is 8.81 Å². The highest BCUT2D eigenvalue weighted by Gasteiger charge is 2.11. The molecule has 0 saturated heterocycles. The summed E-state index contributed by atoms with van der Waals surface area (Å²) in [6.45, 7) is 0.409. The molecule has 0 aliphatic heterocycles. The summed E-state index contributed by atoms with van der Waals surface area (Å²) in [4.78, 5) is 4.13. The number of hydrogen-bond donors (Lipinski definition) is 1. The van der Waals surface area contributed by atoms with Gasteiger partial charge in [-0.3, -0.25) is 0 Å². The maximum atomic E-state index is 12.9. The van der Waals surface area contributed by atoms with Crippen LogP contribution in [0.1, 0.15) is 22.7 Å². The number of anilines is 1. The molecule has 1 heterocycles. The first-order valence-electron chi connectivity index (χ1n) is 7.37. The molecule has 0 spiro atoms. The van der Waals surface area contributed by atoms with Gasteiger partial charge in [0.15, 0.2) is 0 Å². The van der Waals surface area contributed by atoms with Crippen LogP contribution < -0.4 is 5.32 Å². The van der Waals surface area contributed by atoms with Gasteiger partial charge >= 0.3 is 0 Å². The molecule has 0 radical (unpaired) electrons. The second-order valence-corrected chi connectivity index (χ2v) is 5.07. The Bertz CT molecular complexity index is 877. The Balaban J connectivity index is 1.72. The zero-order chi connectivity index (χ0) is 16.8. The molecule has 24 heavy (non-hydrogen) atoms. The second-order valence-electron chi connectivity index (χ2n) is 5.07. The van der Waals surface area contributed by atoms with E-state index in [9.17, 15) is 4.39 Å². The van der Waals surface area contributed by atoms with Crippen molar-refractivity contribution >= 4 is 18.0 Å². The first kappa shape index (κ1) is 15.5. The zero-order valence-electron chi connectivity index (χ0n) is 12.7. The van der Waals surface area contributed by atoms with E-state index in [0.29, 0.717) is 18.3 Å². The van der Waals surface area contributed by atoms with Crippen LogP contribution in [0.15, 0.2) is 59.0 Å². The van der Waals surface area contributed by atoms with Gasteiger partial charge in [0.25, 0.3) is 0 Å². The van der Waals surface area contributed by atoms with Crippen molar-refractivity contribution in [2.45, 2.75) is 6.54 Å². The molecule has 0 saturated carbocycles. The number of oxazole rings is 1. The molecule has 0 fully saturated rings. The molecule has 0 bridgehead atoms. The number of benzene rings is 2. The third-order valence-electron chi connectivity index (χ3n) is 3.33. The predicted molar refractivity (Wildman–Crippen MR) is 90.3 cm³/mol. The Morgan fingerprint density at radius 3 is 2.54 bits per heavy atom. The van der Waals surface area contributed by atoms with Crippen LogP contribution in [-0.4, -0.2) is 4.98 Å². The van der Waals surface area contributed by atoms with Gasteiger partial charge < -0.3 is 9.73 Å². The number of halogens is 1. The molecule has 3 aromatic rings. The average molecular weight is 319 g/mol. The van der Waals surface area contributed by atoms with E-state index in [4.69, 9.17) is 9.68 Å². The van der Waals surface area contributed by atoms with E-state index in [2.05, 4.69) is 10.3 Å². The molecule has 1 N–H and O–H groups in total. The van der Waals surface area contributed by atoms with E-state index >= 15 is 0 Å². The summed E-state index contributed by atoms with van der Waals surface area (Å²) >= 11 is 0. The standard InChI is InChI=1S/C19H14FN3O/c20-16-9-6-15(7-10-16)13-22-19-17(12-21)23-18(24-19)11-8-14-4-2-1-3-5-14/h1-11,22H,13H2/b11-8+. The summed E-state index contributed by atoms with van der Waals surface area (Å²) in [5, 5.41) is 12.2. The summed E-state index contributed by atoms with van der Waals surface area (Å²) in [7, 11) is 0. The van der Waals surface area contributed by atoms with Gasteiger partial charge in [-0.25, -0.2) is 4.39 Å². The second kappa shape index (κ2) is 7.25. The van der Waals surface area contributed by atoms with Crippen LogP contribution in [-0.2, 0) is 6.54 Å². The van der Waals surface area contributed by atoms with Crippen molar-refractivity contribution in [3.05, 3.63) is 83.1 Å². The van der Waals surface area contributed by atoms with Gasteiger partial charge in [0, 0.05) is 12.6 Å². The molecule has 4 nitrogen and oxygen atoms in total. The molecule has 0 unspecified atom stereocenters. The van der Waals surface area contributed by atoms with Crippen LogP contribution >= 0.6 is 0 Å². The maximum Gasteiger partial charge on any atom is 0.232 e. The lowest BCUT2D eigenvalue weighted by Crippen LogP contribution is -1.99. The molecule has 3 rings (SSSR count). The van der Waals surface area contributed by atoms with Gasteiger partial charge in [0.05, 0.1) is 0 Å². The van der Waals surface area contributed by atoms with E-state index in [1.807, 2.05) is 42.5 Å². The van der Waals surface area contributed by atoms with Crippen molar-refractivity contribution in [1.82, 2.24) is 4.98 Å². The van der Waals surface area contributed by atoms with Gasteiger partial charge in [0.1, 0.15) is 11.9 Å². The third kappa shape index (κ3) is 3.87. The molecule has 2 aromatic carbocycles. The van der Waals surface area contributed by atoms with E-state index in [0.717, 1.165) is 11.1 Å². The summed E-state index contributed by atoms with van der Waals surface area (Å²) in [6.07, 6.45) is 3.57. The number of nitriles is 1. The smallest absolute Gasteiger partial charge is 0.232 e. The van der Waals surface area contributed by atoms with E-state index < -0.39 is 0 Å². The van der Waals surface area contributed by atoms with E-state index in [1.54, 1.807) is 18.2 Å². The largest absolute Gasteiger partial charge is 0.420 e. The minimum atomic E-state index is -0.288. The fourth-order valence-corrected chi connectivity index (χ4v) is 2.12. The summed E-state index contributed by atoms with van der Waals surface area (Å²) in [6, 6.07) is 17.8. The topological polar surface area (TPSA) is 61.9 Å². The van der Waals surface area contributed by atoms with Crippen molar-refractivity contribution in [3.63, 3.8) is 0 Å². The predicted octanol–water partition coefficient (Wildman–Crippen LogP) is 4.47. The number of nitrogens with zero attached hydrogens (tertiary/aromatic N) is 2. The highest BCUT2D eigenvalue weighted by atomic mass is 19.1. The van der Waals surface area contributed by atoms with Crippen LogP contribution in [0.5, 0.6) is 0 Å². The lowest BCUT2D eigenvalue weighted by molar-refractivity contribution is 0.557. The molecule has 0 aliphatic carbocycles. The van der Waals surface area contributed by atoms with Crippen LogP contribution in [0.4, 0.5) is 10.3 Å². The molecule has 118 valence electrons. The lowest BCUT2D eigenvalue weighted by atomic mass is 10.2. The fraction of sp³-hybridized carbons (Fsp3) is 0.0526. The molecular formula is C19H14FN3O. The minimum Gasteiger partial charge on any atom is -0.420 e. The lowest BCUT2D eigenvalue weighted by Gasteiger charge is -2.02. The van der Waals surface area contributed by atoms with Crippen LogP contribution in [0.3, 0.4) is 0 Å². The molecular weight excluding hydrogens is 305 g/mol. The first-order chi connectivity index (χ1) is 11.7. The number of rotatable bonds is 5. The van der Waals surface area contributed by atoms with Crippen LogP contribution in [0.25, 0.3) is 12.2 Å². The molecule has 0 amide bonds. The summed E-state index contributed by atoms with van der Waals surface area (Å²) in [5.41, 5.74) is 2.07. The Morgan fingerprint density at radius 2 is 1.83 bits per heavy atom. The van der Waals surface area contributed by atoms with Gasteiger partial charge in [-0.2, -0.15) is 10.2 Å². The highest BCUT2D eigenvalue weighted by Crippen LogP contribution is 2.19. The van der Waals surface area contributed by atoms with Crippen LogP contribution in [0, 0.1) is 17.1 Å². The van der Waals surface area contributed by atoms with Crippen molar-refractivity contribution in [2.75, 3.05) is 5.32 Å². The van der Waals surface area contributed by atoms with Crippen molar-refractivity contribution in [2.24, 2.45) is 0 Å². The molecule has 5 heteroatoms. The minimum absolute atomic E-state index is 0.185. The van der Waals surface area contributed by atoms with Gasteiger partial charge in [-0.15, -0.1) is 0 Å². The SMILES string of the molecule is N#Cc1nc(/C=C/c2ccccc2)oc1NCc1ccc(F)cc1. The van der Waals surface area contributed by atoms with Crippen molar-refractivity contribution in [3.8, 4) is 6.07 Å². The zero-order valence-corrected chi connectivity index (χ0v) is 12.7. The molecule has 0 aliphatic rings. The van der Waals surface area contributed by atoms with E-state index in [1.165, 1.54) is 12.1 Å². The number of hydrogen-bond acceptors (Lipinski definition) is 4. The molecule has 1 aromatic heterocycles. The maximum absolute atomic E-state index is 12.9. The molecule has 0 atom stereocenters. The van der Waals surface area contributed by atoms with E-state index in [-0.39, 0.29) is 11.5 Å². The fourth-order valence-electron chi connectivity index (χ4n) is 2.12. The monoisotopic (exact) mass is 319 g/mol. The normalized spacial score (nSPS) is 10.7. The highest BCUT2D eigenvalue weighted by molar-refractivity contribution is 5.67. The number of nitrogens with one attached hydrogen (secondary N) is 1. The first-order valence-corrected chi connectivity index (χ1v) is 7.37. The van der Waals surface area contributed by atoms with Gasteiger partial charge in [0.2, 0.25) is 17.5 Å². The number of aromatic nitrogens is 1. The summed E-state index contributed by atoms with van der Waals surface area (Å²) in [5.74, 6) is 0.357. The van der Waals surface area contributed by atoms with Gasteiger partial charge in [-0.05, 0) is 29.3 Å². The Kier molecular flexibility index (Phi) is 4.68. The Labute approximate surface area is 138 Å². The Morgan fingerprint density at radius 1 is 1.08 bits per heavy atom. The van der Waals surface area contributed by atoms with Crippen LogP contribution in [0.2, 0.25) is 0 Å². The van der Waals surface area contributed by atoms with Gasteiger partial charge in [-0.1, -0.05) is 42.5 Å². The Hall–Kier alpha value is -3.39. The van der Waals surface area contributed by atoms with Crippen molar-refractivity contribution in [1.29, 1.82) is 5.26 Å². The third-order valence-corrected chi connectivity index (χ3v) is 3.33. The summed E-state index contributed by atoms with van der Waals surface area (Å²) < 4.78 is 18.5. The quantitative estimate of drug-likeness (QED) is 0.754. The average Bonchev–Trinajstić information content (AvgIpc) is 3.03.